The molecule has 0 radical (unpaired) electrons. The number of anilines is 2. The number of thiazole rings is 1. The summed E-state index contributed by atoms with van der Waals surface area (Å²) in [7, 11) is 0. The minimum absolute atomic E-state index is 0.565. The molecule has 6 heteroatoms. The van der Waals surface area contributed by atoms with Crippen molar-refractivity contribution >= 4 is 33.5 Å². The minimum Gasteiger partial charge on any atom is -0.486 e. The fourth-order valence-electron chi connectivity index (χ4n) is 2.33. The normalized spacial score (nSPS) is 10.6. The zero-order chi connectivity index (χ0) is 16.9. The monoisotopic (exact) mass is 365 g/mol. The first-order valence-corrected chi connectivity index (χ1v) is 9.51. The van der Waals surface area contributed by atoms with E-state index in [-0.39, 0.29) is 0 Å². The SMILES string of the molecule is c1cncc(-c2csc(Nc3ccccc3OCc3cccs3)n2)c1. The molecule has 0 saturated heterocycles. The Labute approximate surface area is 153 Å². The molecule has 0 fully saturated rings. The van der Waals surface area contributed by atoms with Crippen LogP contribution in [0.25, 0.3) is 11.3 Å². The lowest BCUT2D eigenvalue weighted by Gasteiger charge is -2.11. The number of hydrogen-bond acceptors (Lipinski definition) is 6. The van der Waals surface area contributed by atoms with Gasteiger partial charge in [-0.25, -0.2) is 4.98 Å². The summed E-state index contributed by atoms with van der Waals surface area (Å²) >= 11 is 3.25. The Hall–Kier alpha value is -2.70. The van der Waals surface area contributed by atoms with Gasteiger partial charge >= 0.3 is 0 Å². The van der Waals surface area contributed by atoms with E-state index in [2.05, 4.69) is 26.7 Å². The van der Waals surface area contributed by atoms with Gasteiger partial charge < -0.3 is 10.1 Å². The van der Waals surface area contributed by atoms with E-state index in [0.717, 1.165) is 27.8 Å². The van der Waals surface area contributed by atoms with Gasteiger partial charge in [0.1, 0.15) is 12.4 Å². The fraction of sp³-hybridized carbons (Fsp3) is 0.0526. The van der Waals surface area contributed by atoms with Gasteiger partial charge in [0.15, 0.2) is 5.13 Å². The Morgan fingerprint density at radius 1 is 1.00 bits per heavy atom. The topological polar surface area (TPSA) is 47.0 Å². The van der Waals surface area contributed by atoms with E-state index in [1.165, 1.54) is 4.88 Å². The highest BCUT2D eigenvalue weighted by molar-refractivity contribution is 7.14. The number of benzene rings is 1. The number of para-hydroxylation sites is 2. The van der Waals surface area contributed by atoms with E-state index in [1.807, 2.05) is 54.0 Å². The summed E-state index contributed by atoms with van der Waals surface area (Å²) in [6.07, 6.45) is 3.58. The molecular weight excluding hydrogens is 350 g/mol. The molecule has 4 aromatic rings. The van der Waals surface area contributed by atoms with Crippen LogP contribution in [0.4, 0.5) is 10.8 Å². The summed E-state index contributed by atoms with van der Waals surface area (Å²) in [4.78, 5) is 9.98. The standard InChI is InChI=1S/C19H15N3OS2/c1-2-8-18(23-12-15-6-4-10-24-15)16(7-1)21-19-22-17(13-25-19)14-5-3-9-20-11-14/h1-11,13H,12H2,(H,21,22). The van der Waals surface area contributed by atoms with Crippen molar-refractivity contribution in [1.29, 1.82) is 0 Å². The lowest BCUT2D eigenvalue weighted by molar-refractivity contribution is 0.311. The van der Waals surface area contributed by atoms with Crippen LogP contribution in [-0.2, 0) is 6.61 Å². The van der Waals surface area contributed by atoms with Crippen LogP contribution >= 0.6 is 22.7 Å². The van der Waals surface area contributed by atoms with E-state index in [0.29, 0.717) is 6.61 Å². The number of nitrogens with zero attached hydrogens (tertiary/aromatic N) is 2. The van der Waals surface area contributed by atoms with E-state index >= 15 is 0 Å². The van der Waals surface area contributed by atoms with Crippen molar-refractivity contribution in [2.45, 2.75) is 6.61 Å². The Kier molecular flexibility index (Phi) is 4.72. The molecule has 3 heterocycles. The molecule has 0 aliphatic rings. The van der Waals surface area contributed by atoms with Crippen molar-refractivity contribution in [3.8, 4) is 17.0 Å². The second-order valence-corrected chi connectivity index (χ2v) is 7.16. The van der Waals surface area contributed by atoms with Gasteiger partial charge in [-0.3, -0.25) is 4.98 Å². The van der Waals surface area contributed by atoms with Crippen molar-refractivity contribution in [3.63, 3.8) is 0 Å². The van der Waals surface area contributed by atoms with Crippen molar-refractivity contribution in [1.82, 2.24) is 9.97 Å². The quantitative estimate of drug-likeness (QED) is 0.484. The van der Waals surface area contributed by atoms with Crippen molar-refractivity contribution in [2.24, 2.45) is 0 Å². The maximum Gasteiger partial charge on any atom is 0.187 e. The molecule has 3 aromatic heterocycles. The van der Waals surface area contributed by atoms with Crippen LogP contribution in [-0.4, -0.2) is 9.97 Å². The number of rotatable bonds is 6. The third kappa shape index (κ3) is 3.87. The van der Waals surface area contributed by atoms with Crippen molar-refractivity contribution in [2.75, 3.05) is 5.32 Å². The Morgan fingerprint density at radius 2 is 1.96 bits per heavy atom. The second-order valence-electron chi connectivity index (χ2n) is 5.27. The zero-order valence-electron chi connectivity index (χ0n) is 13.3. The molecule has 0 atom stereocenters. The molecule has 0 aliphatic heterocycles. The van der Waals surface area contributed by atoms with Crippen molar-refractivity contribution < 1.29 is 4.74 Å². The molecule has 1 N–H and O–H groups in total. The third-order valence-electron chi connectivity index (χ3n) is 3.54. The lowest BCUT2D eigenvalue weighted by atomic mass is 10.2. The van der Waals surface area contributed by atoms with Crippen LogP contribution in [0.2, 0.25) is 0 Å². The number of ether oxygens (including phenoxy) is 1. The third-order valence-corrected chi connectivity index (χ3v) is 5.15. The number of aromatic nitrogens is 2. The molecule has 0 spiro atoms. The molecule has 1 aromatic carbocycles. The maximum atomic E-state index is 5.96. The van der Waals surface area contributed by atoms with Crippen LogP contribution in [0.5, 0.6) is 5.75 Å². The van der Waals surface area contributed by atoms with Gasteiger partial charge in [-0.1, -0.05) is 18.2 Å². The van der Waals surface area contributed by atoms with E-state index in [9.17, 15) is 0 Å². The average molecular weight is 365 g/mol. The highest BCUT2D eigenvalue weighted by atomic mass is 32.1. The van der Waals surface area contributed by atoms with Gasteiger partial charge in [-0.15, -0.1) is 22.7 Å². The van der Waals surface area contributed by atoms with Crippen molar-refractivity contribution in [3.05, 3.63) is 76.6 Å². The Balaban J connectivity index is 1.50. The van der Waals surface area contributed by atoms with Gasteiger partial charge in [-0.2, -0.15) is 0 Å². The summed E-state index contributed by atoms with van der Waals surface area (Å²) in [5.74, 6) is 0.814. The maximum absolute atomic E-state index is 5.96. The predicted octanol–water partition coefficient (Wildman–Crippen LogP) is 5.59. The molecule has 124 valence electrons. The molecule has 4 nitrogen and oxygen atoms in total. The fourth-order valence-corrected chi connectivity index (χ4v) is 3.68. The van der Waals surface area contributed by atoms with Crippen LogP contribution in [0, 0.1) is 0 Å². The second kappa shape index (κ2) is 7.46. The van der Waals surface area contributed by atoms with Gasteiger partial charge in [0.2, 0.25) is 0 Å². The summed E-state index contributed by atoms with van der Waals surface area (Å²) in [5, 5.41) is 8.26. The van der Waals surface area contributed by atoms with Gasteiger partial charge in [0.05, 0.1) is 11.4 Å². The molecule has 25 heavy (non-hydrogen) atoms. The smallest absolute Gasteiger partial charge is 0.187 e. The summed E-state index contributed by atoms with van der Waals surface area (Å²) in [5.41, 5.74) is 2.83. The molecule has 0 saturated carbocycles. The molecule has 4 rings (SSSR count). The van der Waals surface area contributed by atoms with Crippen LogP contribution in [0.1, 0.15) is 4.88 Å². The van der Waals surface area contributed by atoms with Gasteiger partial charge in [-0.05, 0) is 35.7 Å². The minimum atomic E-state index is 0.565. The first-order chi connectivity index (χ1) is 12.4. The highest BCUT2D eigenvalue weighted by Crippen LogP contribution is 2.31. The van der Waals surface area contributed by atoms with Crippen LogP contribution in [0.3, 0.4) is 0 Å². The lowest BCUT2D eigenvalue weighted by Crippen LogP contribution is -1.98. The summed E-state index contributed by atoms with van der Waals surface area (Å²) < 4.78 is 5.96. The predicted molar refractivity (Wildman–Crippen MR) is 104 cm³/mol. The molecule has 0 amide bonds. The number of pyridine rings is 1. The number of thiophene rings is 1. The average Bonchev–Trinajstić information content (AvgIpc) is 3.34. The highest BCUT2D eigenvalue weighted by Gasteiger charge is 2.08. The van der Waals surface area contributed by atoms with Crippen LogP contribution < -0.4 is 10.1 Å². The molecule has 0 bridgehead atoms. The molecule has 0 aliphatic carbocycles. The van der Waals surface area contributed by atoms with Gasteiger partial charge in [0, 0.05) is 28.2 Å². The first kappa shape index (κ1) is 15.8. The number of nitrogens with one attached hydrogen (secondary N) is 1. The molecule has 0 unspecified atom stereocenters. The largest absolute Gasteiger partial charge is 0.486 e. The Bertz CT molecular complexity index is 936. The summed E-state index contributed by atoms with van der Waals surface area (Å²) in [6.45, 7) is 0.565. The van der Waals surface area contributed by atoms with E-state index in [1.54, 1.807) is 28.9 Å². The number of hydrogen-bond donors (Lipinski definition) is 1. The zero-order valence-corrected chi connectivity index (χ0v) is 14.9. The Morgan fingerprint density at radius 3 is 2.80 bits per heavy atom. The summed E-state index contributed by atoms with van der Waals surface area (Å²) in [6, 6.07) is 15.9. The molecular formula is C19H15N3OS2. The first-order valence-electron chi connectivity index (χ1n) is 7.76. The van der Waals surface area contributed by atoms with Gasteiger partial charge in [0.25, 0.3) is 0 Å². The van der Waals surface area contributed by atoms with E-state index in [4.69, 9.17) is 4.74 Å². The van der Waals surface area contributed by atoms with E-state index < -0.39 is 0 Å². The van der Waals surface area contributed by atoms with Crippen LogP contribution in [0.15, 0.2) is 71.7 Å².